The molecule has 0 unspecified atom stereocenters. The van der Waals surface area contributed by atoms with Crippen LogP contribution in [0.4, 0.5) is 26.3 Å². The normalized spacial score (nSPS) is 21.2. The molecule has 0 spiro atoms. The molecule has 5 nitrogen and oxygen atoms in total. The maximum Gasteiger partial charge on any atom is 0.416 e. The second-order valence-corrected chi connectivity index (χ2v) is 11.0. The highest BCUT2D eigenvalue weighted by Crippen LogP contribution is 2.61. The fourth-order valence-corrected chi connectivity index (χ4v) is 6.82. The number of halogens is 6. The van der Waals surface area contributed by atoms with Crippen LogP contribution in [0.5, 0.6) is 0 Å². The first-order valence-electron chi connectivity index (χ1n) is 11.1. The van der Waals surface area contributed by atoms with Gasteiger partial charge in [0.2, 0.25) is 0 Å². The molecular formula is C24H28F6N3O2P. The van der Waals surface area contributed by atoms with E-state index in [2.05, 4.69) is 5.09 Å². The lowest BCUT2D eigenvalue weighted by atomic mass is 9.91. The molecule has 36 heavy (non-hydrogen) atoms. The molecule has 198 valence electrons. The van der Waals surface area contributed by atoms with E-state index >= 15 is 0 Å². The van der Waals surface area contributed by atoms with Crippen molar-refractivity contribution in [3.05, 3.63) is 70.8 Å². The zero-order chi connectivity index (χ0) is 27.0. The van der Waals surface area contributed by atoms with Gasteiger partial charge in [-0.05, 0) is 55.4 Å². The number of methoxy groups -OCH3 is 1. The monoisotopic (exact) mass is 535 g/mol. The molecule has 1 aliphatic rings. The number of ether oxygens (including phenoxy) is 1. The zero-order valence-electron chi connectivity index (χ0n) is 20.4. The highest BCUT2D eigenvalue weighted by atomic mass is 31.1. The van der Waals surface area contributed by atoms with Crippen LogP contribution in [0.15, 0.2) is 48.5 Å². The highest BCUT2D eigenvalue weighted by Gasteiger charge is 2.48. The van der Waals surface area contributed by atoms with Crippen molar-refractivity contribution < 1.29 is 35.9 Å². The van der Waals surface area contributed by atoms with E-state index in [9.17, 15) is 31.1 Å². The summed E-state index contributed by atoms with van der Waals surface area (Å²) in [5.41, 5.74) is -1.10. The molecule has 1 saturated heterocycles. The molecule has 1 N–H and O–H groups in total. The van der Waals surface area contributed by atoms with Gasteiger partial charge in [0.05, 0.1) is 30.3 Å². The van der Waals surface area contributed by atoms with E-state index in [1.54, 1.807) is 23.4 Å². The van der Waals surface area contributed by atoms with Gasteiger partial charge in [0.15, 0.2) is 0 Å². The summed E-state index contributed by atoms with van der Waals surface area (Å²) < 4.78 is 89.4. The van der Waals surface area contributed by atoms with Gasteiger partial charge in [-0.1, -0.05) is 38.1 Å². The molecule has 0 aromatic heterocycles. The maximum absolute atomic E-state index is 13.5. The van der Waals surface area contributed by atoms with Gasteiger partial charge in [0, 0.05) is 0 Å². The number of esters is 1. The zero-order valence-corrected chi connectivity index (χ0v) is 21.2. The lowest BCUT2D eigenvalue weighted by molar-refractivity contribution is -0.143. The van der Waals surface area contributed by atoms with Gasteiger partial charge in [-0.15, -0.1) is 0 Å². The first-order valence-corrected chi connectivity index (χ1v) is 12.4. The van der Waals surface area contributed by atoms with Gasteiger partial charge < -0.3 is 4.74 Å². The van der Waals surface area contributed by atoms with Crippen molar-refractivity contribution in [3.8, 4) is 0 Å². The Morgan fingerprint density at radius 3 is 1.64 bits per heavy atom. The lowest BCUT2D eigenvalue weighted by Gasteiger charge is -2.31. The van der Waals surface area contributed by atoms with Crippen molar-refractivity contribution >= 4 is 14.3 Å². The van der Waals surface area contributed by atoms with E-state index in [1.807, 2.05) is 13.8 Å². The number of alkyl halides is 6. The average molecular weight is 535 g/mol. The molecule has 1 heterocycles. The highest BCUT2D eigenvalue weighted by molar-refractivity contribution is 7.50. The number of carbonyl (C=O) groups excluding carboxylic acids is 1. The Morgan fingerprint density at radius 2 is 1.31 bits per heavy atom. The first-order chi connectivity index (χ1) is 16.7. The third-order valence-corrected chi connectivity index (χ3v) is 8.39. The Labute approximate surface area is 207 Å². The van der Waals surface area contributed by atoms with Crippen molar-refractivity contribution in [3.63, 3.8) is 0 Å². The van der Waals surface area contributed by atoms with E-state index in [1.165, 1.54) is 31.4 Å². The molecule has 0 amide bonds. The Morgan fingerprint density at radius 1 is 0.889 bits per heavy atom. The Kier molecular flexibility index (Phi) is 8.40. The molecule has 3 rings (SSSR count). The van der Waals surface area contributed by atoms with Crippen molar-refractivity contribution in [1.82, 2.24) is 14.4 Å². The molecule has 2 aromatic rings. The van der Waals surface area contributed by atoms with Gasteiger partial charge in [0.1, 0.15) is 14.4 Å². The van der Waals surface area contributed by atoms with Gasteiger partial charge in [-0.25, -0.2) is 0 Å². The van der Waals surface area contributed by atoms with Gasteiger partial charge >= 0.3 is 18.3 Å². The number of hydrogen-bond acceptors (Lipinski definition) is 5. The van der Waals surface area contributed by atoms with Crippen LogP contribution in [0.3, 0.4) is 0 Å². The topological polar surface area (TPSA) is 44.8 Å². The molecule has 0 radical (unpaired) electrons. The predicted molar refractivity (Wildman–Crippen MR) is 125 cm³/mol. The summed E-state index contributed by atoms with van der Waals surface area (Å²) in [5.74, 6) is -0.686. The third kappa shape index (κ3) is 5.85. The molecule has 0 saturated carbocycles. The van der Waals surface area contributed by atoms with E-state index in [-0.39, 0.29) is 5.92 Å². The summed E-state index contributed by atoms with van der Waals surface area (Å²) in [4.78, 5) is 12.4. The van der Waals surface area contributed by atoms with Crippen molar-refractivity contribution in [2.75, 3.05) is 21.2 Å². The Balaban J connectivity index is 2.13. The van der Waals surface area contributed by atoms with Crippen LogP contribution in [0.25, 0.3) is 0 Å². The van der Waals surface area contributed by atoms with Crippen molar-refractivity contribution in [1.29, 1.82) is 0 Å². The minimum absolute atomic E-state index is 0.179. The lowest BCUT2D eigenvalue weighted by Crippen LogP contribution is -2.41. The molecule has 3 atom stereocenters. The number of rotatable bonds is 6. The average Bonchev–Trinajstić information content (AvgIpc) is 3.05. The summed E-state index contributed by atoms with van der Waals surface area (Å²) in [7, 11) is 3.10. The molecule has 0 aliphatic carbocycles. The second kappa shape index (κ2) is 10.7. The SMILES string of the molecule is COC(=O)[C@H](NP1N(C)[C@@H](c2cccc(C(F)(F)F)c2)[C@H](c2cccc(C(F)(F)F)c2)N1C)C(C)C. The van der Waals surface area contributed by atoms with Crippen LogP contribution in [0.1, 0.15) is 48.2 Å². The number of nitrogens with zero attached hydrogens (tertiary/aromatic N) is 2. The van der Waals surface area contributed by atoms with Crippen LogP contribution in [0.2, 0.25) is 0 Å². The van der Waals surface area contributed by atoms with Crippen LogP contribution >= 0.6 is 8.37 Å². The minimum atomic E-state index is -4.58. The summed E-state index contributed by atoms with van der Waals surface area (Å²) >= 11 is 0. The molecule has 1 aliphatic heterocycles. The Bertz CT molecular complexity index is 1010. The fraction of sp³-hybridized carbons (Fsp3) is 0.458. The summed E-state index contributed by atoms with van der Waals surface area (Å²) in [6.07, 6.45) is -9.16. The number of benzene rings is 2. The number of carbonyl (C=O) groups is 1. The van der Waals surface area contributed by atoms with Crippen molar-refractivity contribution in [2.24, 2.45) is 5.92 Å². The van der Waals surface area contributed by atoms with E-state index in [0.29, 0.717) is 11.1 Å². The van der Waals surface area contributed by atoms with Crippen LogP contribution in [0, 0.1) is 5.92 Å². The van der Waals surface area contributed by atoms with Gasteiger partial charge in [-0.2, -0.15) is 26.3 Å². The van der Waals surface area contributed by atoms with E-state index in [0.717, 1.165) is 24.3 Å². The molecule has 0 bridgehead atoms. The molecule has 2 aromatic carbocycles. The number of likely N-dealkylation sites (N-methyl/N-ethyl adjacent to an activating group) is 2. The smallest absolute Gasteiger partial charge is 0.416 e. The van der Waals surface area contributed by atoms with Gasteiger partial charge in [0.25, 0.3) is 0 Å². The fourth-order valence-electron chi connectivity index (χ4n) is 4.37. The maximum atomic E-state index is 13.5. The predicted octanol–water partition coefficient (Wildman–Crippen LogP) is 6.40. The number of hydrogen-bond donors (Lipinski definition) is 1. The van der Waals surface area contributed by atoms with E-state index < -0.39 is 55.9 Å². The van der Waals surface area contributed by atoms with Crippen LogP contribution in [-0.2, 0) is 21.9 Å². The quantitative estimate of drug-likeness (QED) is 0.264. The second-order valence-electron chi connectivity index (χ2n) is 8.95. The number of nitrogens with one attached hydrogen (secondary N) is 1. The van der Waals surface area contributed by atoms with E-state index in [4.69, 9.17) is 4.74 Å². The van der Waals surface area contributed by atoms with Crippen LogP contribution in [-0.4, -0.2) is 42.6 Å². The van der Waals surface area contributed by atoms with Gasteiger partial charge in [-0.3, -0.25) is 19.2 Å². The first kappa shape index (κ1) is 28.4. The Hall–Kier alpha value is -2.20. The largest absolute Gasteiger partial charge is 0.468 e. The minimum Gasteiger partial charge on any atom is -0.468 e. The summed E-state index contributed by atoms with van der Waals surface area (Å²) in [5, 5.41) is 3.25. The molecule has 1 fully saturated rings. The summed E-state index contributed by atoms with van der Waals surface area (Å²) in [6, 6.07) is 7.40. The van der Waals surface area contributed by atoms with Crippen LogP contribution < -0.4 is 5.09 Å². The standard InChI is InChI=1S/C24H28F6N3O2P/c1-14(2)19(22(34)35-5)31-36-32(3)20(15-8-6-10-17(12-15)23(25,26)27)21(33(36)4)16-9-7-11-18(13-16)24(28,29)30/h6-14,19-21,31H,1-5H3/t19-,20+,21+/m1/s1. The van der Waals surface area contributed by atoms with Crippen molar-refractivity contribution in [2.45, 2.75) is 44.3 Å². The molecular weight excluding hydrogens is 507 g/mol. The molecule has 12 heteroatoms. The summed E-state index contributed by atoms with van der Waals surface area (Å²) in [6.45, 7) is 3.63. The third-order valence-electron chi connectivity index (χ3n) is 6.19.